The lowest BCUT2D eigenvalue weighted by atomic mass is 10.0. The third kappa shape index (κ3) is 2.91. The van der Waals surface area contributed by atoms with Gasteiger partial charge in [0.25, 0.3) is 0 Å². The van der Waals surface area contributed by atoms with Gasteiger partial charge in [-0.15, -0.1) is 0 Å². The molecule has 0 radical (unpaired) electrons. The number of fused-ring (bicyclic) bond motifs is 5. The first-order valence-electron chi connectivity index (χ1n) is 10.6. The molecule has 0 bridgehead atoms. The standard InChI is InChI=1S/C27H21N5/c28-17-18-12-14-20(15-13-18)25-24(19-7-2-1-3-8-19)31-27-21-9-4-5-10-22(21)30-26-23(32(25)27)11-6-16-29-26/h1-16H,17,28H2,(H,29,30). The first kappa shape index (κ1) is 18.5. The molecule has 1 aliphatic rings. The van der Waals surface area contributed by atoms with E-state index in [9.17, 15) is 0 Å². The SMILES string of the molecule is NCc1ccc(-c2c(-c3ccccc3)nc3n2-c2cccnc2Nc2ccccc2-3)cc1. The second kappa shape index (κ2) is 7.48. The van der Waals surface area contributed by atoms with Crippen LogP contribution >= 0.6 is 0 Å². The molecule has 5 aromatic rings. The molecule has 2 aromatic heterocycles. The van der Waals surface area contributed by atoms with Crippen LogP contribution < -0.4 is 11.1 Å². The summed E-state index contributed by atoms with van der Waals surface area (Å²) in [5.41, 5.74) is 14.1. The first-order chi connectivity index (χ1) is 15.8. The van der Waals surface area contributed by atoms with Crippen LogP contribution in [-0.4, -0.2) is 14.5 Å². The molecule has 1 aliphatic heterocycles. The average molecular weight is 416 g/mol. The molecule has 3 aromatic carbocycles. The molecule has 32 heavy (non-hydrogen) atoms. The molecule has 5 heteroatoms. The number of benzene rings is 3. The van der Waals surface area contributed by atoms with Gasteiger partial charge in [0.2, 0.25) is 0 Å². The third-order valence-corrected chi connectivity index (χ3v) is 5.84. The zero-order chi connectivity index (χ0) is 21.5. The summed E-state index contributed by atoms with van der Waals surface area (Å²) >= 11 is 0. The summed E-state index contributed by atoms with van der Waals surface area (Å²) < 4.78 is 2.22. The van der Waals surface area contributed by atoms with E-state index in [0.29, 0.717) is 6.54 Å². The number of aromatic nitrogens is 3. The monoisotopic (exact) mass is 415 g/mol. The Balaban J connectivity index is 1.74. The summed E-state index contributed by atoms with van der Waals surface area (Å²) in [5.74, 6) is 1.69. The van der Waals surface area contributed by atoms with Crippen molar-refractivity contribution < 1.29 is 0 Å². The number of nitrogens with one attached hydrogen (secondary N) is 1. The average Bonchev–Trinajstić information content (AvgIpc) is 3.19. The molecule has 0 saturated carbocycles. The van der Waals surface area contributed by atoms with Gasteiger partial charge in [0.1, 0.15) is 5.82 Å². The number of hydrogen-bond acceptors (Lipinski definition) is 4. The Kier molecular flexibility index (Phi) is 4.33. The van der Waals surface area contributed by atoms with Crippen LogP contribution in [0.25, 0.3) is 39.6 Å². The van der Waals surface area contributed by atoms with Gasteiger partial charge in [0.15, 0.2) is 5.82 Å². The van der Waals surface area contributed by atoms with Gasteiger partial charge in [0.05, 0.1) is 22.8 Å². The summed E-state index contributed by atoms with van der Waals surface area (Å²) in [6, 6.07) is 31.0. The van der Waals surface area contributed by atoms with E-state index in [0.717, 1.165) is 56.7 Å². The fraction of sp³-hybridized carbons (Fsp3) is 0.0370. The van der Waals surface area contributed by atoms with Gasteiger partial charge in [-0.2, -0.15) is 0 Å². The van der Waals surface area contributed by atoms with Crippen LogP contribution in [0.2, 0.25) is 0 Å². The molecule has 3 N–H and O–H groups in total. The number of rotatable bonds is 3. The highest BCUT2D eigenvalue weighted by molar-refractivity contribution is 5.90. The molecular formula is C27H21N5. The third-order valence-electron chi connectivity index (χ3n) is 5.84. The van der Waals surface area contributed by atoms with E-state index in [1.807, 2.05) is 42.6 Å². The molecule has 0 spiro atoms. The molecule has 0 amide bonds. The van der Waals surface area contributed by atoms with Gasteiger partial charge in [0, 0.05) is 29.4 Å². The zero-order valence-electron chi connectivity index (χ0n) is 17.4. The van der Waals surface area contributed by atoms with E-state index in [1.54, 1.807) is 0 Å². The van der Waals surface area contributed by atoms with Crippen LogP contribution in [0.1, 0.15) is 5.56 Å². The van der Waals surface area contributed by atoms with Gasteiger partial charge < -0.3 is 11.1 Å². The fourth-order valence-electron chi connectivity index (χ4n) is 4.29. The summed E-state index contributed by atoms with van der Waals surface area (Å²) in [7, 11) is 0. The Morgan fingerprint density at radius 1 is 0.781 bits per heavy atom. The topological polar surface area (TPSA) is 68.8 Å². The maximum atomic E-state index is 5.85. The minimum atomic E-state index is 0.514. The van der Waals surface area contributed by atoms with E-state index in [2.05, 4.69) is 69.5 Å². The number of anilines is 2. The number of imidazole rings is 1. The number of nitrogens with zero attached hydrogens (tertiary/aromatic N) is 3. The minimum absolute atomic E-state index is 0.514. The molecule has 154 valence electrons. The minimum Gasteiger partial charge on any atom is -0.338 e. The molecule has 0 unspecified atom stereocenters. The van der Waals surface area contributed by atoms with Crippen molar-refractivity contribution in [2.75, 3.05) is 5.32 Å². The second-order valence-electron chi connectivity index (χ2n) is 7.78. The molecule has 6 rings (SSSR count). The molecule has 3 heterocycles. The van der Waals surface area contributed by atoms with Crippen LogP contribution in [0.4, 0.5) is 11.5 Å². The van der Waals surface area contributed by atoms with Crippen molar-refractivity contribution in [3.05, 3.63) is 103 Å². The van der Waals surface area contributed by atoms with Crippen molar-refractivity contribution in [3.8, 4) is 39.6 Å². The summed E-state index contributed by atoms with van der Waals surface area (Å²) in [5, 5.41) is 3.50. The fourth-order valence-corrected chi connectivity index (χ4v) is 4.29. The number of pyridine rings is 1. The lowest BCUT2D eigenvalue weighted by molar-refractivity contribution is 1.06. The van der Waals surface area contributed by atoms with Crippen molar-refractivity contribution in [2.24, 2.45) is 5.73 Å². The highest BCUT2D eigenvalue weighted by atomic mass is 15.2. The van der Waals surface area contributed by atoms with Crippen LogP contribution in [0, 0.1) is 0 Å². The Morgan fingerprint density at radius 2 is 1.56 bits per heavy atom. The van der Waals surface area contributed by atoms with Crippen molar-refractivity contribution in [1.29, 1.82) is 0 Å². The molecular weight excluding hydrogens is 394 g/mol. The zero-order valence-corrected chi connectivity index (χ0v) is 17.4. The Labute approximate surface area is 186 Å². The smallest absolute Gasteiger partial charge is 0.154 e. The predicted molar refractivity (Wildman–Crippen MR) is 129 cm³/mol. The Hall–Kier alpha value is -4.22. The van der Waals surface area contributed by atoms with Crippen molar-refractivity contribution in [2.45, 2.75) is 6.54 Å². The Morgan fingerprint density at radius 3 is 2.38 bits per heavy atom. The predicted octanol–water partition coefficient (Wildman–Crippen LogP) is 5.78. The van der Waals surface area contributed by atoms with Gasteiger partial charge in [-0.3, -0.25) is 4.57 Å². The van der Waals surface area contributed by atoms with Crippen LogP contribution in [-0.2, 0) is 6.54 Å². The van der Waals surface area contributed by atoms with E-state index in [-0.39, 0.29) is 0 Å². The number of nitrogens with two attached hydrogens (primary N) is 1. The highest BCUT2D eigenvalue weighted by Gasteiger charge is 2.27. The summed E-state index contributed by atoms with van der Waals surface area (Å²) in [4.78, 5) is 9.86. The quantitative estimate of drug-likeness (QED) is 0.384. The van der Waals surface area contributed by atoms with Gasteiger partial charge >= 0.3 is 0 Å². The lowest BCUT2D eigenvalue weighted by Gasteiger charge is -2.14. The van der Waals surface area contributed by atoms with Crippen LogP contribution in [0.3, 0.4) is 0 Å². The van der Waals surface area contributed by atoms with Crippen molar-refractivity contribution >= 4 is 11.5 Å². The number of hydrogen-bond donors (Lipinski definition) is 2. The van der Waals surface area contributed by atoms with Crippen molar-refractivity contribution in [3.63, 3.8) is 0 Å². The van der Waals surface area contributed by atoms with E-state index >= 15 is 0 Å². The molecule has 0 atom stereocenters. The van der Waals surface area contributed by atoms with Gasteiger partial charge in [-0.05, 0) is 29.8 Å². The van der Waals surface area contributed by atoms with E-state index < -0.39 is 0 Å². The van der Waals surface area contributed by atoms with Crippen LogP contribution in [0.15, 0.2) is 97.2 Å². The maximum Gasteiger partial charge on any atom is 0.154 e. The second-order valence-corrected chi connectivity index (χ2v) is 7.78. The Bertz CT molecular complexity index is 1420. The van der Waals surface area contributed by atoms with Gasteiger partial charge in [-0.25, -0.2) is 9.97 Å². The molecule has 0 aliphatic carbocycles. The van der Waals surface area contributed by atoms with Crippen molar-refractivity contribution in [1.82, 2.24) is 14.5 Å². The number of para-hydroxylation sites is 1. The van der Waals surface area contributed by atoms with E-state index in [4.69, 9.17) is 10.7 Å². The molecule has 0 saturated heterocycles. The van der Waals surface area contributed by atoms with Gasteiger partial charge in [-0.1, -0.05) is 66.7 Å². The largest absolute Gasteiger partial charge is 0.338 e. The normalized spacial score (nSPS) is 11.7. The summed E-state index contributed by atoms with van der Waals surface area (Å²) in [6.07, 6.45) is 1.81. The summed E-state index contributed by atoms with van der Waals surface area (Å²) in [6.45, 7) is 0.514. The highest BCUT2D eigenvalue weighted by Crippen LogP contribution is 2.44. The lowest BCUT2D eigenvalue weighted by Crippen LogP contribution is -2.02. The molecule has 0 fully saturated rings. The van der Waals surface area contributed by atoms with E-state index in [1.165, 1.54) is 0 Å². The maximum absolute atomic E-state index is 5.85. The first-order valence-corrected chi connectivity index (χ1v) is 10.6. The van der Waals surface area contributed by atoms with Crippen LogP contribution in [0.5, 0.6) is 0 Å². The molecule has 5 nitrogen and oxygen atoms in total.